The molecule has 0 aliphatic carbocycles. The first-order chi connectivity index (χ1) is 8.24. The average molecular weight is 387 g/mol. The maximum Gasteiger partial charge on any atom is 0.191 e. The van der Waals surface area contributed by atoms with E-state index in [0.717, 1.165) is 18.3 Å². The molecule has 0 aliphatic heterocycles. The normalized spacial score (nSPS) is 12.8. The summed E-state index contributed by atoms with van der Waals surface area (Å²) in [5.41, 5.74) is 0. The van der Waals surface area contributed by atoms with Gasteiger partial charge in [0.1, 0.15) is 0 Å². The molecular weight excluding hydrogens is 357 g/mol. The summed E-state index contributed by atoms with van der Waals surface area (Å²) in [6.45, 7) is 5.45. The van der Waals surface area contributed by atoms with Crippen LogP contribution in [0.15, 0.2) is 4.99 Å². The molecule has 0 fully saturated rings. The monoisotopic (exact) mass is 387 g/mol. The van der Waals surface area contributed by atoms with Gasteiger partial charge in [-0.3, -0.25) is 4.99 Å². The second-order valence-corrected chi connectivity index (χ2v) is 5.37. The van der Waals surface area contributed by atoms with Crippen LogP contribution < -0.4 is 10.6 Å². The van der Waals surface area contributed by atoms with Crippen molar-refractivity contribution in [1.29, 1.82) is 0 Å². The Morgan fingerprint density at radius 2 is 2.00 bits per heavy atom. The topological polar surface area (TPSA) is 36.4 Å². The van der Waals surface area contributed by atoms with E-state index in [1.54, 1.807) is 0 Å². The Hall–Kier alpha value is 0.350. The maximum absolute atomic E-state index is 4.23. The van der Waals surface area contributed by atoms with Crippen LogP contribution in [0.4, 0.5) is 0 Å². The van der Waals surface area contributed by atoms with Crippen LogP contribution in [0.5, 0.6) is 0 Å². The molecule has 0 aromatic heterocycles. The predicted molar refractivity (Wildman–Crippen MR) is 96.5 cm³/mol. The van der Waals surface area contributed by atoms with Gasteiger partial charge in [0.25, 0.3) is 0 Å². The van der Waals surface area contributed by atoms with Crippen molar-refractivity contribution in [3.63, 3.8) is 0 Å². The molecule has 0 rings (SSSR count). The van der Waals surface area contributed by atoms with E-state index in [-0.39, 0.29) is 24.0 Å². The number of guanidine groups is 1. The second kappa shape index (κ2) is 15.4. The number of rotatable bonds is 9. The molecule has 0 radical (unpaired) electrons. The van der Waals surface area contributed by atoms with Gasteiger partial charge in [-0.25, -0.2) is 0 Å². The Morgan fingerprint density at radius 3 is 2.56 bits per heavy atom. The fourth-order valence-corrected chi connectivity index (χ4v) is 1.96. The van der Waals surface area contributed by atoms with Crippen LogP contribution in [0.1, 0.15) is 46.0 Å². The molecule has 110 valence electrons. The molecule has 0 bridgehead atoms. The molecular formula is C13H30IN3S. The van der Waals surface area contributed by atoms with E-state index in [4.69, 9.17) is 0 Å². The Morgan fingerprint density at radius 1 is 1.28 bits per heavy atom. The van der Waals surface area contributed by atoms with E-state index in [2.05, 4.69) is 35.7 Å². The second-order valence-electron chi connectivity index (χ2n) is 4.39. The van der Waals surface area contributed by atoms with Crippen LogP contribution in [0, 0.1) is 0 Å². The molecule has 18 heavy (non-hydrogen) atoms. The molecule has 1 atom stereocenters. The summed E-state index contributed by atoms with van der Waals surface area (Å²) in [4.78, 5) is 4.23. The number of halogens is 1. The first-order valence-corrected chi connectivity index (χ1v) is 8.10. The summed E-state index contributed by atoms with van der Waals surface area (Å²) in [5, 5.41) is 6.75. The summed E-state index contributed by atoms with van der Waals surface area (Å²) < 4.78 is 0. The van der Waals surface area contributed by atoms with Gasteiger partial charge >= 0.3 is 0 Å². The van der Waals surface area contributed by atoms with E-state index < -0.39 is 0 Å². The Kier molecular flexibility index (Phi) is 17.7. The molecule has 0 aromatic carbocycles. The third-order valence-corrected chi connectivity index (χ3v) is 3.31. The van der Waals surface area contributed by atoms with Gasteiger partial charge in [-0.2, -0.15) is 11.8 Å². The van der Waals surface area contributed by atoms with Crippen LogP contribution >= 0.6 is 35.7 Å². The van der Waals surface area contributed by atoms with Crippen LogP contribution in [0.25, 0.3) is 0 Å². The van der Waals surface area contributed by atoms with Gasteiger partial charge in [0.15, 0.2) is 5.96 Å². The van der Waals surface area contributed by atoms with E-state index in [1.165, 1.54) is 32.1 Å². The van der Waals surface area contributed by atoms with Gasteiger partial charge in [0.2, 0.25) is 0 Å². The minimum Gasteiger partial charge on any atom is -0.356 e. The van der Waals surface area contributed by atoms with Crippen molar-refractivity contribution in [1.82, 2.24) is 10.6 Å². The lowest BCUT2D eigenvalue weighted by Gasteiger charge is -2.17. The number of hydrogen-bond donors (Lipinski definition) is 2. The molecule has 5 heteroatoms. The highest BCUT2D eigenvalue weighted by atomic mass is 127. The zero-order valence-electron chi connectivity index (χ0n) is 12.3. The molecule has 0 amide bonds. The average Bonchev–Trinajstić information content (AvgIpc) is 2.33. The fourth-order valence-electron chi connectivity index (χ4n) is 1.65. The van der Waals surface area contributed by atoms with Crippen molar-refractivity contribution in [2.24, 2.45) is 4.99 Å². The summed E-state index contributed by atoms with van der Waals surface area (Å²) in [6.07, 6.45) is 8.66. The number of aliphatic imine (C=N–C) groups is 1. The van der Waals surface area contributed by atoms with Gasteiger partial charge in [0, 0.05) is 25.4 Å². The van der Waals surface area contributed by atoms with Crippen molar-refractivity contribution in [2.45, 2.75) is 52.0 Å². The largest absolute Gasteiger partial charge is 0.356 e. The van der Waals surface area contributed by atoms with Gasteiger partial charge in [0.05, 0.1) is 0 Å². The lowest BCUT2D eigenvalue weighted by atomic mass is 10.1. The Balaban J connectivity index is 0. The van der Waals surface area contributed by atoms with E-state index >= 15 is 0 Å². The van der Waals surface area contributed by atoms with Crippen molar-refractivity contribution in [2.75, 3.05) is 25.6 Å². The third-order valence-electron chi connectivity index (χ3n) is 2.70. The predicted octanol–water partition coefficient (Wildman–Crippen LogP) is 3.49. The number of nitrogens with one attached hydrogen (secondary N) is 2. The number of hydrogen-bond acceptors (Lipinski definition) is 2. The van der Waals surface area contributed by atoms with Gasteiger partial charge < -0.3 is 10.6 Å². The molecule has 2 N–H and O–H groups in total. The molecule has 0 saturated heterocycles. The molecule has 0 aliphatic rings. The minimum atomic E-state index is 0. The molecule has 0 saturated carbocycles. The highest BCUT2D eigenvalue weighted by Gasteiger charge is 2.04. The van der Waals surface area contributed by atoms with Crippen LogP contribution in [-0.4, -0.2) is 37.6 Å². The molecule has 3 nitrogen and oxygen atoms in total. The van der Waals surface area contributed by atoms with Gasteiger partial charge in [-0.05, 0) is 19.6 Å². The standard InChI is InChI=1S/C13H29N3S.HI/c1-5-6-7-8-9-12(2)16-13(14-3)15-10-11-17-4;/h12H,5-11H2,1-4H3,(H2,14,15,16);1H. The van der Waals surface area contributed by atoms with Crippen molar-refractivity contribution < 1.29 is 0 Å². The summed E-state index contributed by atoms with van der Waals surface area (Å²) in [7, 11) is 1.83. The highest BCUT2D eigenvalue weighted by molar-refractivity contribution is 14.0. The van der Waals surface area contributed by atoms with E-state index in [0.29, 0.717) is 6.04 Å². The minimum absolute atomic E-state index is 0. The zero-order chi connectivity index (χ0) is 12.9. The van der Waals surface area contributed by atoms with E-state index in [1.807, 2.05) is 18.8 Å². The Labute approximate surface area is 134 Å². The first kappa shape index (κ1) is 20.7. The summed E-state index contributed by atoms with van der Waals surface area (Å²) in [5.74, 6) is 2.05. The smallest absolute Gasteiger partial charge is 0.191 e. The highest BCUT2D eigenvalue weighted by Crippen LogP contribution is 2.04. The van der Waals surface area contributed by atoms with Crippen LogP contribution in [0.3, 0.4) is 0 Å². The quantitative estimate of drug-likeness (QED) is 0.275. The molecule has 0 aromatic rings. The molecule has 0 spiro atoms. The summed E-state index contributed by atoms with van der Waals surface area (Å²) in [6, 6.07) is 0.507. The lowest BCUT2D eigenvalue weighted by Crippen LogP contribution is -2.42. The first-order valence-electron chi connectivity index (χ1n) is 6.70. The lowest BCUT2D eigenvalue weighted by molar-refractivity contribution is 0.538. The number of unbranched alkanes of at least 4 members (excludes halogenated alkanes) is 3. The van der Waals surface area contributed by atoms with Gasteiger partial charge in [-0.15, -0.1) is 24.0 Å². The molecule has 1 unspecified atom stereocenters. The Bertz CT molecular complexity index is 201. The van der Waals surface area contributed by atoms with Crippen LogP contribution in [-0.2, 0) is 0 Å². The third kappa shape index (κ3) is 12.8. The maximum atomic E-state index is 4.23. The summed E-state index contributed by atoms with van der Waals surface area (Å²) >= 11 is 1.85. The fraction of sp³-hybridized carbons (Fsp3) is 0.923. The van der Waals surface area contributed by atoms with Gasteiger partial charge in [-0.1, -0.05) is 32.6 Å². The zero-order valence-corrected chi connectivity index (χ0v) is 15.4. The van der Waals surface area contributed by atoms with Crippen molar-refractivity contribution in [3.05, 3.63) is 0 Å². The van der Waals surface area contributed by atoms with E-state index in [9.17, 15) is 0 Å². The van der Waals surface area contributed by atoms with Crippen molar-refractivity contribution in [3.8, 4) is 0 Å². The van der Waals surface area contributed by atoms with Crippen molar-refractivity contribution >= 4 is 41.7 Å². The number of thioether (sulfide) groups is 1. The number of nitrogens with zero attached hydrogens (tertiary/aromatic N) is 1. The van der Waals surface area contributed by atoms with Crippen LogP contribution in [0.2, 0.25) is 0 Å². The molecule has 0 heterocycles. The SMILES string of the molecule is CCCCCCC(C)NC(=NC)NCCSC.I.